The summed E-state index contributed by atoms with van der Waals surface area (Å²) < 4.78 is 22.9. The molecule has 0 aromatic heterocycles. The van der Waals surface area contributed by atoms with Crippen molar-refractivity contribution in [1.29, 1.82) is 0 Å². The molecule has 0 bridgehead atoms. The van der Waals surface area contributed by atoms with Crippen molar-refractivity contribution in [2.24, 2.45) is 0 Å². The second kappa shape index (κ2) is 66.2. The Bertz CT molecular complexity index is 1800. The van der Waals surface area contributed by atoms with Crippen LogP contribution in [0, 0.1) is 0 Å². The van der Waals surface area contributed by atoms with Gasteiger partial charge in [-0.25, -0.2) is 0 Å². The van der Waals surface area contributed by atoms with Crippen LogP contribution >= 0.6 is 0 Å². The van der Waals surface area contributed by atoms with Crippen LogP contribution < -0.4 is 5.32 Å². The molecule has 0 saturated carbocycles. The highest BCUT2D eigenvalue weighted by atomic mass is 16.7. The molecular weight excluding hydrogens is 1210 g/mol. The normalized spacial score (nSPS) is 22.4. The third kappa shape index (κ3) is 48.7. The van der Waals surface area contributed by atoms with E-state index in [-0.39, 0.29) is 18.9 Å². The van der Waals surface area contributed by atoms with E-state index in [4.69, 9.17) is 18.9 Å². The Morgan fingerprint density at radius 2 is 0.688 bits per heavy atom. The molecule has 0 aromatic carbocycles. The molecule has 2 fully saturated rings. The van der Waals surface area contributed by atoms with E-state index in [9.17, 15) is 45.6 Å². The third-order valence-corrected chi connectivity index (χ3v) is 20.0. The number of allylic oxidation sites excluding steroid dienone is 7. The van der Waals surface area contributed by atoms with Crippen molar-refractivity contribution in [3.8, 4) is 0 Å². The number of carbonyl (C=O) groups excluding carboxylic acids is 1. The van der Waals surface area contributed by atoms with Crippen molar-refractivity contribution < 1.29 is 64.6 Å². The Kier molecular flexibility index (Phi) is 62.1. The first-order valence-corrected chi connectivity index (χ1v) is 40.9. The molecule has 14 nitrogen and oxygen atoms in total. The molecule has 0 radical (unpaired) electrons. The summed E-state index contributed by atoms with van der Waals surface area (Å²) in [7, 11) is 0. The maximum Gasteiger partial charge on any atom is 0.220 e. The molecule has 564 valence electrons. The van der Waals surface area contributed by atoms with Gasteiger partial charge in [0, 0.05) is 6.42 Å². The molecule has 14 heteroatoms. The largest absolute Gasteiger partial charge is 0.394 e. The molecule has 96 heavy (non-hydrogen) atoms. The summed E-state index contributed by atoms with van der Waals surface area (Å²) in [6.07, 6.45) is 72.0. The van der Waals surface area contributed by atoms with E-state index < -0.39 is 86.8 Å². The minimum atomic E-state index is -1.79. The predicted octanol–water partition coefficient (Wildman–Crippen LogP) is 18.6. The molecule has 0 spiro atoms. The van der Waals surface area contributed by atoms with Crippen molar-refractivity contribution in [1.82, 2.24) is 5.32 Å². The molecular formula is C82H153NO13. The standard InChI is InChI=1S/C82H153NO13/c1-3-5-7-9-11-13-15-17-19-21-23-25-27-28-29-30-31-32-33-34-35-36-37-38-39-40-41-42-44-46-48-50-52-54-56-58-60-62-64-66-74(87)83-70(69-93-81-79(92)77(90)80(73(68-85)95-81)96-82-78(91)76(89)75(88)72(67-84)94-82)71(86)65-63-61-59-57-55-53-51-49-47-45-43-26-24-22-20-18-16-14-12-10-8-6-4-2/h15,17,21,23,27-28,63,65,70-73,75-82,84-86,88-92H,3-14,16,18-20,22,24-26,29-62,64,66-69H2,1-2H3,(H,83,87)/b17-15-,23-21-,28-27-,65-63+. The molecule has 12 atom stereocenters. The highest BCUT2D eigenvalue weighted by Crippen LogP contribution is 2.30. The number of hydrogen-bond donors (Lipinski definition) is 9. The van der Waals surface area contributed by atoms with Crippen LogP contribution in [0.3, 0.4) is 0 Å². The summed E-state index contributed by atoms with van der Waals surface area (Å²) in [6, 6.07) is -0.915. The van der Waals surface area contributed by atoms with Gasteiger partial charge >= 0.3 is 0 Å². The second-order valence-electron chi connectivity index (χ2n) is 28.9. The van der Waals surface area contributed by atoms with E-state index in [0.29, 0.717) is 6.42 Å². The fourth-order valence-electron chi connectivity index (χ4n) is 13.5. The average molecular weight is 1360 g/mol. The SMILES string of the molecule is CCCCCCC/C=C\C/C=C\C/C=C\CCCCCCCCCCCCCCCCCCCCCCCCCCC(=O)NC(COC1OC(CO)C(OC2OC(CO)C(O)C(O)C2O)C(O)C1O)C(O)/C=C/CCCCCCCCCCCCCCCCCCCCCCC. The molecule has 12 unspecified atom stereocenters. The van der Waals surface area contributed by atoms with Crippen LogP contribution in [0.5, 0.6) is 0 Å². The van der Waals surface area contributed by atoms with Gasteiger partial charge in [-0.2, -0.15) is 0 Å². The van der Waals surface area contributed by atoms with E-state index in [0.717, 1.165) is 51.4 Å². The van der Waals surface area contributed by atoms with Crippen molar-refractivity contribution in [2.45, 2.75) is 447 Å². The number of unbranched alkanes of at least 4 members (excludes halogenated alkanes) is 50. The molecule has 1 amide bonds. The third-order valence-electron chi connectivity index (χ3n) is 20.0. The van der Waals surface area contributed by atoms with Gasteiger partial charge in [-0.3, -0.25) is 4.79 Å². The number of rotatable bonds is 69. The Balaban J connectivity index is 1.57. The van der Waals surface area contributed by atoms with Crippen LogP contribution in [0.4, 0.5) is 0 Å². The topological polar surface area (TPSA) is 228 Å². The number of aliphatic hydroxyl groups is 8. The second-order valence-corrected chi connectivity index (χ2v) is 28.9. The molecule has 2 rings (SSSR count). The Labute approximate surface area is 588 Å². The highest BCUT2D eigenvalue weighted by Gasteiger charge is 2.51. The van der Waals surface area contributed by atoms with Gasteiger partial charge in [0.05, 0.1) is 32.0 Å². The summed E-state index contributed by atoms with van der Waals surface area (Å²) in [5.74, 6) is -0.231. The lowest BCUT2D eigenvalue weighted by molar-refractivity contribution is -0.359. The summed E-state index contributed by atoms with van der Waals surface area (Å²) >= 11 is 0. The first-order chi connectivity index (χ1) is 47.1. The Hall–Kier alpha value is -2.05. The van der Waals surface area contributed by atoms with Crippen LogP contribution in [-0.4, -0.2) is 140 Å². The zero-order valence-electron chi connectivity index (χ0n) is 61.9. The van der Waals surface area contributed by atoms with Gasteiger partial charge in [-0.1, -0.05) is 358 Å². The Morgan fingerprint density at radius 3 is 1.05 bits per heavy atom. The maximum absolute atomic E-state index is 13.4. The summed E-state index contributed by atoms with van der Waals surface area (Å²) in [5, 5.41) is 87.7. The van der Waals surface area contributed by atoms with Crippen LogP contribution in [-0.2, 0) is 23.7 Å². The Morgan fingerprint density at radius 1 is 0.375 bits per heavy atom. The van der Waals surface area contributed by atoms with Gasteiger partial charge in [0.15, 0.2) is 12.6 Å². The van der Waals surface area contributed by atoms with Crippen molar-refractivity contribution in [2.75, 3.05) is 19.8 Å². The van der Waals surface area contributed by atoms with E-state index in [1.54, 1.807) is 6.08 Å². The van der Waals surface area contributed by atoms with Crippen LogP contribution in [0.15, 0.2) is 48.6 Å². The number of ether oxygens (including phenoxy) is 4. The molecule has 2 aliphatic rings. The van der Waals surface area contributed by atoms with Gasteiger partial charge in [0.25, 0.3) is 0 Å². The number of hydrogen-bond acceptors (Lipinski definition) is 13. The fraction of sp³-hybridized carbons (Fsp3) is 0.890. The van der Waals surface area contributed by atoms with Crippen molar-refractivity contribution >= 4 is 5.91 Å². The highest BCUT2D eigenvalue weighted by molar-refractivity contribution is 5.76. The number of amides is 1. The molecule has 2 aliphatic heterocycles. The smallest absolute Gasteiger partial charge is 0.220 e. The summed E-state index contributed by atoms with van der Waals surface area (Å²) in [5.41, 5.74) is 0. The fourth-order valence-corrected chi connectivity index (χ4v) is 13.5. The van der Waals surface area contributed by atoms with Gasteiger partial charge in [0.2, 0.25) is 5.91 Å². The lowest BCUT2D eigenvalue weighted by atomic mass is 9.97. The minimum absolute atomic E-state index is 0.231. The number of carbonyl (C=O) groups is 1. The zero-order valence-corrected chi connectivity index (χ0v) is 61.9. The molecule has 9 N–H and O–H groups in total. The number of aliphatic hydroxyl groups excluding tert-OH is 8. The van der Waals surface area contributed by atoms with E-state index >= 15 is 0 Å². The van der Waals surface area contributed by atoms with Gasteiger partial charge in [-0.15, -0.1) is 0 Å². The lowest BCUT2D eigenvalue weighted by Gasteiger charge is -2.46. The monoisotopic (exact) mass is 1360 g/mol. The molecule has 2 heterocycles. The average Bonchev–Trinajstić information content (AvgIpc) is 0.806. The molecule has 0 aliphatic carbocycles. The quantitative estimate of drug-likeness (QED) is 0.0204. The van der Waals surface area contributed by atoms with Gasteiger partial charge in [-0.05, 0) is 57.8 Å². The summed E-state index contributed by atoms with van der Waals surface area (Å²) in [6.45, 7) is 2.85. The van der Waals surface area contributed by atoms with Crippen LogP contribution in [0.1, 0.15) is 373 Å². The minimum Gasteiger partial charge on any atom is -0.394 e. The van der Waals surface area contributed by atoms with Crippen LogP contribution in [0.2, 0.25) is 0 Å². The van der Waals surface area contributed by atoms with Gasteiger partial charge < -0.3 is 65.1 Å². The zero-order chi connectivity index (χ0) is 69.4. The summed E-state index contributed by atoms with van der Waals surface area (Å²) in [4.78, 5) is 13.4. The predicted molar refractivity (Wildman–Crippen MR) is 397 cm³/mol. The van der Waals surface area contributed by atoms with Crippen LogP contribution in [0.25, 0.3) is 0 Å². The van der Waals surface area contributed by atoms with Crippen molar-refractivity contribution in [3.63, 3.8) is 0 Å². The van der Waals surface area contributed by atoms with E-state index in [2.05, 4.69) is 55.6 Å². The van der Waals surface area contributed by atoms with Gasteiger partial charge in [0.1, 0.15) is 48.8 Å². The first kappa shape index (κ1) is 90.0. The first-order valence-electron chi connectivity index (χ1n) is 40.9. The maximum atomic E-state index is 13.4. The lowest BCUT2D eigenvalue weighted by Crippen LogP contribution is -2.65. The van der Waals surface area contributed by atoms with E-state index in [1.807, 2.05) is 6.08 Å². The molecule has 2 saturated heterocycles. The van der Waals surface area contributed by atoms with Crippen molar-refractivity contribution in [3.05, 3.63) is 48.6 Å². The molecule has 0 aromatic rings. The van der Waals surface area contributed by atoms with E-state index in [1.165, 1.54) is 295 Å². The number of nitrogens with one attached hydrogen (secondary N) is 1.